The van der Waals surface area contributed by atoms with E-state index in [0.29, 0.717) is 5.78 Å². The Balaban J connectivity index is 1.50. The van der Waals surface area contributed by atoms with Gasteiger partial charge in [-0.25, -0.2) is 4.98 Å². The summed E-state index contributed by atoms with van der Waals surface area (Å²) in [6.45, 7) is 9.01. The molecule has 4 rings (SSSR count). The molecular weight excluding hydrogens is 300 g/mol. The molecule has 1 saturated heterocycles. The number of nitrogens with zero attached hydrogens (tertiary/aromatic N) is 6. The van der Waals surface area contributed by atoms with Gasteiger partial charge >= 0.3 is 0 Å². The third kappa shape index (κ3) is 2.97. The molecule has 0 spiro atoms. The number of fused-ring (bicyclic) bond motifs is 1. The molecule has 3 aromatic rings. The van der Waals surface area contributed by atoms with Crippen LogP contribution in [0.2, 0.25) is 0 Å². The largest absolute Gasteiger partial charge is 0.354 e. The van der Waals surface area contributed by atoms with Gasteiger partial charge in [0.1, 0.15) is 11.6 Å². The van der Waals surface area contributed by atoms with Gasteiger partial charge in [0.05, 0.1) is 0 Å². The Kier molecular flexibility index (Phi) is 3.90. The van der Waals surface area contributed by atoms with Crippen LogP contribution in [0.1, 0.15) is 17.1 Å². The van der Waals surface area contributed by atoms with E-state index in [-0.39, 0.29) is 0 Å². The van der Waals surface area contributed by atoms with Gasteiger partial charge in [0.15, 0.2) is 0 Å². The minimum Gasteiger partial charge on any atom is -0.354 e. The molecule has 0 atom stereocenters. The zero-order valence-electron chi connectivity index (χ0n) is 14.2. The fourth-order valence-corrected chi connectivity index (χ4v) is 3.27. The molecule has 24 heavy (non-hydrogen) atoms. The van der Waals surface area contributed by atoms with Crippen LogP contribution in [0.3, 0.4) is 0 Å². The van der Waals surface area contributed by atoms with E-state index in [4.69, 9.17) is 0 Å². The normalized spacial score (nSPS) is 16.0. The van der Waals surface area contributed by atoms with E-state index in [1.807, 2.05) is 18.4 Å². The van der Waals surface area contributed by atoms with Crippen LogP contribution < -0.4 is 4.90 Å². The quantitative estimate of drug-likeness (QED) is 0.739. The van der Waals surface area contributed by atoms with Crippen LogP contribution in [0.4, 0.5) is 5.82 Å². The minimum atomic E-state index is 0.689. The highest BCUT2D eigenvalue weighted by Gasteiger charge is 2.20. The van der Waals surface area contributed by atoms with Crippen molar-refractivity contribution in [3.05, 3.63) is 53.5 Å². The first kappa shape index (κ1) is 15.1. The first-order chi connectivity index (χ1) is 11.7. The Morgan fingerprint density at radius 1 is 0.958 bits per heavy atom. The van der Waals surface area contributed by atoms with Crippen molar-refractivity contribution in [2.75, 3.05) is 31.1 Å². The Bertz CT molecular complexity index is 833. The van der Waals surface area contributed by atoms with Crippen molar-refractivity contribution in [1.29, 1.82) is 0 Å². The monoisotopic (exact) mass is 322 g/mol. The van der Waals surface area contributed by atoms with Gasteiger partial charge in [0, 0.05) is 44.5 Å². The average Bonchev–Trinajstić information content (AvgIpc) is 2.96. The zero-order valence-corrected chi connectivity index (χ0v) is 14.2. The van der Waals surface area contributed by atoms with Gasteiger partial charge in [-0.05, 0) is 19.4 Å². The maximum atomic E-state index is 4.50. The molecule has 0 N–H and O–H groups in total. The van der Waals surface area contributed by atoms with Crippen molar-refractivity contribution >= 4 is 11.6 Å². The van der Waals surface area contributed by atoms with Crippen LogP contribution in [-0.2, 0) is 6.54 Å². The molecular formula is C18H22N6. The highest BCUT2D eigenvalue weighted by Crippen LogP contribution is 2.19. The van der Waals surface area contributed by atoms with Crippen LogP contribution >= 0.6 is 0 Å². The highest BCUT2D eigenvalue weighted by atomic mass is 15.4. The van der Waals surface area contributed by atoms with Gasteiger partial charge < -0.3 is 4.90 Å². The van der Waals surface area contributed by atoms with Gasteiger partial charge in [-0.1, -0.05) is 30.3 Å². The van der Waals surface area contributed by atoms with Crippen molar-refractivity contribution in [1.82, 2.24) is 24.5 Å². The Labute approximate surface area is 141 Å². The van der Waals surface area contributed by atoms with Gasteiger partial charge in [-0.2, -0.15) is 9.50 Å². The predicted octanol–water partition coefficient (Wildman–Crippen LogP) is 2.06. The highest BCUT2D eigenvalue weighted by molar-refractivity contribution is 5.48. The summed E-state index contributed by atoms with van der Waals surface area (Å²) in [4.78, 5) is 13.8. The Morgan fingerprint density at radius 3 is 2.46 bits per heavy atom. The van der Waals surface area contributed by atoms with Crippen molar-refractivity contribution in [3.8, 4) is 0 Å². The lowest BCUT2D eigenvalue weighted by molar-refractivity contribution is 0.249. The first-order valence-corrected chi connectivity index (χ1v) is 8.41. The zero-order chi connectivity index (χ0) is 16.5. The molecule has 0 aliphatic carbocycles. The lowest BCUT2D eigenvalue weighted by Crippen LogP contribution is -2.46. The van der Waals surface area contributed by atoms with E-state index in [2.05, 4.69) is 61.3 Å². The molecule has 0 amide bonds. The molecule has 0 radical (unpaired) electrons. The third-order valence-corrected chi connectivity index (χ3v) is 4.47. The molecule has 0 bridgehead atoms. The Hall–Kier alpha value is -2.47. The van der Waals surface area contributed by atoms with E-state index in [0.717, 1.165) is 50.1 Å². The molecule has 3 heterocycles. The van der Waals surface area contributed by atoms with Crippen molar-refractivity contribution < 1.29 is 0 Å². The summed E-state index contributed by atoms with van der Waals surface area (Å²) in [5, 5.41) is 4.50. The fourth-order valence-electron chi connectivity index (χ4n) is 3.27. The first-order valence-electron chi connectivity index (χ1n) is 8.41. The molecule has 0 saturated carbocycles. The summed E-state index contributed by atoms with van der Waals surface area (Å²) < 4.78 is 1.87. The number of hydrogen-bond donors (Lipinski definition) is 0. The summed E-state index contributed by atoms with van der Waals surface area (Å²) in [7, 11) is 0. The standard InChI is InChI=1S/C18H22N6/c1-14-12-17(24-18(19-14)20-15(2)21-24)23-10-8-22(9-11-23)13-16-6-4-3-5-7-16/h3-7,12H,8-11,13H2,1-2H3. The SMILES string of the molecule is Cc1cc(N2CCN(Cc3ccccc3)CC2)n2nc(C)nc2n1. The van der Waals surface area contributed by atoms with E-state index < -0.39 is 0 Å². The van der Waals surface area contributed by atoms with Crippen LogP contribution in [-0.4, -0.2) is 50.7 Å². The van der Waals surface area contributed by atoms with E-state index >= 15 is 0 Å². The summed E-state index contributed by atoms with van der Waals surface area (Å²) in [6.07, 6.45) is 0. The summed E-state index contributed by atoms with van der Waals surface area (Å²) in [5.41, 5.74) is 2.36. The van der Waals surface area contributed by atoms with Gasteiger partial charge in [-0.15, -0.1) is 5.10 Å². The van der Waals surface area contributed by atoms with E-state index in [1.54, 1.807) is 0 Å². The summed E-state index contributed by atoms with van der Waals surface area (Å²) in [5.74, 6) is 2.55. The van der Waals surface area contributed by atoms with Gasteiger partial charge in [-0.3, -0.25) is 4.90 Å². The van der Waals surface area contributed by atoms with Crippen molar-refractivity contribution in [2.24, 2.45) is 0 Å². The number of piperazine rings is 1. The van der Waals surface area contributed by atoms with Crippen molar-refractivity contribution in [3.63, 3.8) is 0 Å². The molecule has 2 aromatic heterocycles. The van der Waals surface area contributed by atoms with Crippen LogP contribution in [0.15, 0.2) is 36.4 Å². The molecule has 1 fully saturated rings. The number of aryl methyl sites for hydroxylation is 2. The minimum absolute atomic E-state index is 0.689. The number of benzene rings is 1. The predicted molar refractivity (Wildman–Crippen MR) is 94.2 cm³/mol. The number of anilines is 1. The maximum Gasteiger partial charge on any atom is 0.254 e. The second-order valence-electron chi connectivity index (χ2n) is 6.38. The lowest BCUT2D eigenvalue weighted by atomic mass is 10.2. The molecule has 6 heteroatoms. The van der Waals surface area contributed by atoms with Crippen molar-refractivity contribution in [2.45, 2.75) is 20.4 Å². The number of aromatic nitrogens is 4. The Morgan fingerprint density at radius 2 is 1.71 bits per heavy atom. The summed E-state index contributed by atoms with van der Waals surface area (Å²) >= 11 is 0. The number of hydrogen-bond acceptors (Lipinski definition) is 5. The second-order valence-corrected chi connectivity index (χ2v) is 6.38. The maximum absolute atomic E-state index is 4.50. The third-order valence-electron chi connectivity index (χ3n) is 4.47. The summed E-state index contributed by atoms with van der Waals surface area (Å²) in [6, 6.07) is 12.8. The molecule has 6 nitrogen and oxygen atoms in total. The molecule has 124 valence electrons. The lowest BCUT2D eigenvalue weighted by Gasteiger charge is -2.36. The smallest absolute Gasteiger partial charge is 0.254 e. The molecule has 1 aliphatic rings. The van der Waals surface area contributed by atoms with Gasteiger partial charge in [0.2, 0.25) is 0 Å². The van der Waals surface area contributed by atoms with Crippen LogP contribution in [0.5, 0.6) is 0 Å². The van der Waals surface area contributed by atoms with E-state index in [9.17, 15) is 0 Å². The average molecular weight is 322 g/mol. The molecule has 0 unspecified atom stereocenters. The van der Waals surface area contributed by atoms with Crippen LogP contribution in [0.25, 0.3) is 5.78 Å². The van der Waals surface area contributed by atoms with E-state index in [1.165, 1.54) is 5.56 Å². The molecule has 1 aliphatic heterocycles. The number of rotatable bonds is 3. The second kappa shape index (κ2) is 6.20. The van der Waals surface area contributed by atoms with Crippen LogP contribution in [0, 0.1) is 13.8 Å². The fraction of sp³-hybridized carbons (Fsp3) is 0.389. The van der Waals surface area contributed by atoms with Gasteiger partial charge in [0.25, 0.3) is 5.78 Å². The molecule has 1 aromatic carbocycles. The topological polar surface area (TPSA) is 49.6 Å².